The largest absolute Gasteiger partial charge is 0.500 e. The van der Waals surface area contributed by atoms with Crippen molar-refractivity contribution < 1.29 is 9.53 Å². The first-order valence-electron chi connectivity index (χ1n) is 5.58. The van der Waals surface area contributed by atoms with Crippen LogP contribution in [0.1, 0.15) is 12.5 Å². The van der Waals surface area contributed by atoms with Gasteiger partial charge in [-0.25, -0.2) is 0 Å². The van der Waals surface area contributed by atoms with E-state index in [0.29, 0.717) is 15.8 Å². The maximum atomic E-state index is 12.2. The summed E-state index contributed by atoms with van der Waals surface area (Å²) in [5, 5.41) is 0. The molecule has 1 aromatic rings. The van der Waals surface area contributed by atoms with Crippen molar-refractivity contribution in [3.8, 4) is 0 Å². The minimum absolute atomic E-state index is 0.118. The fourth-order valence-electron chi connectivity index (χ4n) is 1.63. The van der Waals surface area contributed by atoms with Crippen LogP contribution in [0, 0.1) is 6.92 Å². The molecular formula is C13H13NO2S2. The van der Waals surface area contributed by atoms with Crippen molar-refractivity contribution in [3.63, 3.8) is 0 Å². The average molecular weight is 279 g/mol. The molecule has 1 aliphatic rings. The molecule has 94 valence electrons. The lowest BCUT2D eigenvalue weighted by molar-refractivity contribution is -0.113. The van der Waals surface area contributed by atoms with E-state index in [9.17, 15) is 4.79 Å². The van der Waals surface area contributed by atoms with E-state index in [-0.39, 0.29) is 5.91 Å². The van der Waals surface area contributed by atoms with Crippen LogP contribution in [0.25, 0.3) is 0 Å². The van der Waals surface area contributed by atoms with Gasteiger partial charge in [0.2, 0.25) is 0 Å². The number of hydrogen-bond acceptors (Lipinski definition) is 4. The second kappa shape index (κ2) is 5.54. The minimum Gasteiger partial charge on any atom is -0.500 e. The molecule has 5 heteroatoms. The molecule has 0 aromatic heterocycles. The number of nitrogens with zero attached hydrogens (tertiary/aromatic N) is 1. The van der Waals surface area contributed by atoms with E-state index in [1.54, 1.807) is 4.90 Å². The molecule has 0 N–H and O–H groups in total. The highest BCUT2D eigenvalue weighted by Gasteiger charge is 2.34. The van der Waals surface area contributed by atoms with Crippen LogP contribution in [0.4, 0.5) is 5.69 Å². The molecule has 0 aliphatic carbocycles. The van der Waals surface area contributed by atoms with Crippen LogP contribution in [0.15, 0.2) is 35.4 Å². The predicted molar refractivity (Wildman–Crippen MR) is 78.6 cm³/mol. The summed E-state index contributed by atoms with van der Waals surface area (Å²) < 4.78 is 5.70. The van der Waals surface area contributed by atoms with E-state index < -0.39 is 0 Å². The number of aryl methyl sites for hydroxylation is 1. The highest BCUT2D eigenvalue weighted by Crippen LogP contribution is 2.35. The van der Waals surface area contributed by atoms with E-state index in [2.05, 4.69) is 0 Å². The Morgan fingerprint density at radius 1 is 1.44 bits per heavy atom. The van der Waals surface area contributed by atoms with Crippen LogP contribution in [0.5, 0.6) is 0 Å². The molecule has 0 bridgehead atoms. The maximum Gasteiger partial charge on any atom is 0.273 e. The number of carbonyl (C=O) groups excluding carboxylic acids is 1. The normalized spacial score (nSPS) is 17.7. The van der Waals surface area contributed by atoms with Crippen LogP contribution in [0.2, 0.25) is 0 Å². The molecule has 1 fully saturated rings. The van der Waals surface area contributed by atoms with E-state index in [1.807, 2.05) is 38.1 Å². The van der Waals surface area contributed by atoms with Gasteiger partial charge in [0.15, 0.2) is 4.32 Å². The van der Waals surface area contributed by atoms with Gasteiger partial charge >= 0.3 is 0 Å². The number of hydrogen-bond donors (Lipinski definition) is 0. The molecule has 1 saturated heterocycles. The van der Waals surface area contributed by atoms with Gasteiger partial charge in [-0.2, -0.15) is 0 Å². The Morgan fingerprint density at radius 3 is 2.83 bits per heavy atom. The summed E-state index contributed by atoms with van der Waals surface area (Å²) in [5.41, 5.74) is 1.85. The molecule has 0 saturated carbocycles. The van der Waals surface area contributed by atoms with Gasteiger partial charge in [0, 0.05) is 0 Å². The first kappa shape index (κ1) is 13.1. The van der Waals surface area contributed by atoms with Crippen LogP contribution in [0.3, 0.4) is 0 Å². The highest BCUT2D eigenvalue weighted by atomic mass is 32.2. The van der Waals surface area contributed by atoms with Crippen LogP contribution in [-0.4, -0.2) is 16.8 Å². The molecule has 0 unspecified atom stereocenters. The molecule has 3 nitrogen and oxygen atoms in total. The number of benzene rings is 1. The predicted octanol–water partition coefficient (Wildman–Crippen LogP) is 3.24. The van der Waals surface area contributed by atoms with Gasteiger partial charge < -0.3 is 4.74 Å². The summed E-state index contributed by atoms with van der Waals surface area (Å²) in [6.07, 6.45) is 1.48. The summed E-state index contributed by atoms with van der Waals surface area (Å²) in [7, 11) is 0. The lowest BCUT2D eigenvalue weighted by Crippen LogP contribution is -2.28. The van der Waals surface area contributed by atoms with Crippen LogP contribution < -0.4 is 4.90 Å². The van der Waals surface area contributed by atoms with Gasteiger partial charge in [-0.3, -0.25) is 9.69 Å². The Kier molecular flexibility index (Phi) is 4.04. The lowest BCUT2D eigenvalue weighted by atomic mass is 10.2. The average Bonchev–Trinajstić information content (AvgIpc) is 2.63. The van der Waals surface area contributed by atoms with Gasteiger partial charge in [-0.05, 0) is 25.5 Å². The zero-order valence-electron chi connectivity index (χ0n) is 10.2. The standard InChI is InChI=1S/C13H13NO2S2/c1-3-16-8-11-12(15)14(13(17)18-11)10-7-5-4-6-9(10)2/h4-8H,3H2,1-2H3. The number of anilines is 1. The zero-order chi connectivity index (χ0) is 13.1. The summed E-state index contributed by atoms with van der Waals surface area (Å²) in [6, 6.07) is 7.68. The van der Waals surface area contributed by atoms with Crippen molar-refractivity contribution in [2.75, 3.05) is 11.5 Å². The maximum absolute atomic E-state index is 12.2. The molecule has 0 spiro atoms. The Bertz CT molecular complexity index is 525. The number of rotatable bonds is 3. The van der Waals surface area contributed by atoms with E-state index >= 15 is 0 Å². The molecular weight excluding hydrogens is 266 g/mol. The zero-order valence-corrected chi connectivity index (χ0v) is 11.8. The fraction of sp³-hybridized carbons (Fsp3) is 0.231. The number of amides is 1. The molecule has 1 aromatic carbocycles. The Balaban J connectivity index is 2.33. The minimum atomic E-state index is -0.118. The summed E-state index contributed by atoms with van der Waals surface area (Å²) >= 11 is 6.53. The third-order valence-electron chi connectivity index (χ3n) is 2.51. The topological polar surface area (TPSA) is 29.5 Å². The number of thiocarbonyl (C=S) groups is 1. The molecule has 1 aliphatic heterocycles. The molecule has 0 atom stereocenters. The molecule has 1 amide bonds. The lowest BCUT2D eigenvalue weighted by Gasteiger charge is -2.16. The first-order chi connectivity index (χ1) is 8.65. The summed E-state index contributed by atoms with van der Waals surface area (Å²) in [6.45, 7) is 4.37. The number of carbonyl (C=O) groups is 1. The Labute approximate surface area is 116 Å². The number of para-hydroxylation sites is 1. The smallest absolute Gasteiger partial charge is 0.273 e. The molecule has 1 heterocycles. The number of ether oxygens (including phenoxy) is 1. The van der Waals surface area contributed by atoms with Crippen molar-refractivity contribution in [1.82, 2.24) is 0 Å². The first-order valence-corrected chi connectivity index (χ1v) is 6.81. The van der Waals surface area contributed by atoms with Gasteiger partial charge in [-0.15, -0.1) is 0 Å². The Morgan fingerprint density at radius 2 is 2.17 bits per heavy atom. The summed E-state index contributed by atoms with van der Waals surface area (Å²) in [4.78, 5) is 14.3. The van der Waals surface area contributed by atoms with Gasteiger partial charge in [0.1, 0.15) is 11.2 Å². The van der Waals surface area contributed by atoms with Gasteiger partial charge in [0.25, 0.3) is 5.91 Å². The quantitative estimate of drug-likeness (QED) is 0.482. The number of thioether (sulfide) groups is 1. The third kappa shape index (κ3) is 2.42. The summed E-state index contributed by atoms with van der Waals surface area (Å²) in [5.74, 6) is -0.118. The van der Waals surface area contributed by atoms with Crippen LogP contribution in [-0.2, 0) is 9.53 Å². The molecule has 2 rings (SSSR count). The molecule has 18 heavy (non-hydrogen) atoms. The van der Waals surface area contributed by atoms with Crippen molar-refractivity contribution >= 4 is 39.9 Å². The van der Waals surface area contributed by atoms with Crippen LogP contribution >= 0.6 is 24.0 Å². The second-order valence-corrected chi connectivity index (χ2v) is 5.41. The van der Waals surface area contributed by atoms with E-state index in [0.717, 1.165) is 11.3 Å². The van der Waals surface area contributed by atoms with Gasteiger partial charge in [0.05, 0.1) is 12.3 Å². The van der Waals surface area contributed by atoms with Crippen molar-refractivity contribution in [2.24, 2.45) is 0 Å². The third-order valence-corrected chi connectivity index (χ3v) is 3.79. The second-order valence-electron chi connectivity index (χ2n) is 3.73. The highest BCUT2D eigenvalue weighted by molar-refractivity contribution is 8.27. The van der Waals surface area contributed by atoms with Crippen molar-refractivity contribution in [1.29, 1.82) is 0 Å². The van der Waals surface area contributed by atoms with Crippen molar-refractivity contribution in [2.45, 2.75) is 13.8 Å². The molecule has 0 radical (unpaired) electrons. The van der Waals surface area contributed by atoms with E-state index in [4.69, 9.17) is 17.0 Å². The fourth-order valence-corrected chi connectivity index (χ4v) is 2.84. The van der Waals surface area contributed by atoms with Crippen molar-refractivity contribution in [3.05, 3.63) is 41.0 Å². The monoisotopic (exact) mass is 279 g/mol. The SMILES string of the molecule is CCOC=C1SC(=S)N(c2ccccc2C)C1=O. The van der Waals surface area contributed by atoms with E-state index in [1.165, 1.54) is 18.0 Å². The van der Waals surface area contributed by atoms with Gasteiger partial charge in [-0.1, -0.05) is 42.2 Å². The Hall–Kier alpha value is -1.33.